The van der Waals surface area contributed by atoms with Gasteiger partial charge in [0.2, 0.25) is 0 Å². The summed E-state index contributed by atoms with van der Waals surface area (Å²) in [7, 11) is 1.59. The van der Waals surface area contributed by atoms with E-state index in [4.69, 9.17) is 9.47 Å². The van der Waals surface area contributed by atoms with Gasteiger partial charge >= 0.3 is 12.1 Å². The van der Waals surface area contributed by atoms with E-state index in [0.717, 1.165) is 19.3 Å². The van der Waals surface area contributed by atoms with Gasteiger partial charge in [-0.25, -0.2) is 9.59 Å². The Bertz CT molecular complexity index is 524. The van der Waals surface area contributed by atoms with Crippen molar-refractivity contribution in [1.82, 2.24) is 10.6 Å². The molecule has 0 heterocycles. The third-order valence-electron chi connectivity index (χ3n) is 3.85. The first-order chi connectivity index (χ1) is 11.7. The molecule has 1 fully saturated rings. The fourth-order valence-electron chi connectivity index (χ4n) is 2.71. The zero-order valence-corrected chi connectivity index (χ0v) is 13.9. The van der Waals surface area contributed by atoms with Crippen LogP contribution in [0.4, 0.5) is 15.3 Å². The molecule has 0 spiro atoms. The van der Waals surface area contributed by atoms with Crippen molar-refractivity contribution in [2.24, 2.45) is 0 Å². The van der Waals surface area contributed by atoms with Gasteiger partial charge in [-0.1, -0.05) is 18.2 Å². The van der Waals surface area contributed by atoms with E-state index >= 15 is 0 Å². The maximum Gasteiger partial charge on any atom is 0.411 e. The number of amides is 3. The minimum Gasteiger partial charge on any atom is -0.446 e. The molecular formula is C17H25N3O4. The van der Waals surface area contributed by atoms with Gasteiger partial charge in [0.15, 0.2) is 0 Å². The van der Waals surface area contributed by atoms with Crippen molar-refractivity contribution < 1.29 is 19.1 Å². The van der Waals surface area contributed by atoms with Gasteiger partial charge in [-0.05, 0) is 31.4 Å². The van der Waals surface area contributed by atoms with Crippen molar-refractivity contribution in [3.63, 3.8) is 0 Å². The van der Waals surface area contributed by atoms with E-state index in [1.807, 2.05) is 18.2 Å². The van der Waals surface area contributed by atoms with Crippen LogP contribution in [0.1, 0.15) is 25.7 Å². The first-order valence-corrected chi connectivity index (χ1v) is 8.23. The molecule has 0 radical (unpaired) electrons. The monoisotopic (exact) mass is 335 g/mol. The van der Waals surface area contributed by atoms with Crippen LogP contribution in [-0.2, 0) is 9.47 Å². The van der Waals surface area contributed by atoms with Crippen LogP contribution in [0.2, 0.25) is 0 Å². The molecule has 1 aliphatic rings. The molecule has 3 N–H and O–H groups in total. The predicted molar refractivity (Wildman–Crippen MR) is 91.0 cm³/mol. The lowest BCUT2D eigenvalue weighted by Crippen LogP contribution is -2.46. The van der Waals surface area contributed by atoms with Gasteiger partial charge in [-0.15, -0.1) is 0 Å². The van der Waals surface area contributed by atoms with Crippen molar-refractivity contribution >= 4 is 17.8 Å². The second-order valence-electron chi connectivity index (χ2n) is 5.77. The molecule has 132 valence electrons. The smallest absolute Gasteiger partial charge is 0.411 e. The molecular weight excluding hydrogens is 310 g/mol. The summed E-state index contributed by atoms with van der Waals surface area (Å²) in [6.07, 6.45) is 2.58. The summed E-state index contributed by atoms with van der Waals surface area (Å²) in [6.45, 7) is 0.942. The van der Waals surface area contributed by atoms with Crippen molar-refractivity contribution in [2.45, 2.75) is 37.8 Å². The Morgan fingerprint density at radius 1 is 1.21 bits per heavy atom. The van der Waals surface area contributed by atoms with E-state index in [-0.39, 0.29) is 18.2 Å². The van der Waals surface area contributed by atoms with Crippen LogP contribution in [0.25, 0.3) is 0 Å². The van der Waals surface area contributed by atoms with Crippen LogP contribution < -0.4 is 16.0 Å². The standard InChI is InChI=1S/C17H25N3O4/c1-23-11-10-18-16(21)19-14-8-5-9-15(12-14)24-17(22)20-13-6-3-2-4-7-13/h2-4,6-7,14-15H,5,8-12H2,1H3,(H,20,22)(H2,18,19,21)/t14-,15+/m1/s1. The van der Waals surface area contributed by atoms with Gasteiger partial charge in [0.1, 0.15) is 6.10 Å². The molecule has 24 heavy (non-hydrogen) atoms. The Morgan fingerprint density at radius 2 is 2.00 bits per heavy atom. The fraction of sp³-hybridized carbons (Fsp3) is 0.529. The van der Waals surface area contributed by atoms with Crippen LogP contribution in [0.15, 0.2) is 30.3 Å². The second kappa shape index (κ2) is 9.77. The largest absolute Gasteiger partial charge is 0.446 e. The van der Waals surface area contributed by atoms with Crippen LogP contribution in [0.3, 0.4) is 0 Å². The number of carbonyl (C=O) groups excluding carboxylic acids is 2. The van der Waals surface area contributed by atoms with Crippen LogP contribution in [-0.4, -0.2) is 44.5 Å². The Hall–Kier alpha value is -2.28. The number of hydrogen-bond donors (Lipinski definition) is 3. The SMILES string of the molecule is COCCNC(=O)N[C@@H]1CCC[C@H](OC(=O)Nc2ccccc2)C1. The summed E-state index contributed by atoms with van der Waals surface area (Å²) in [5.41, 5.74) is 0.700. The third kappa shape index (κ3) is 6.45. The normalized spacial score (nSPS) is 20.0. The molecule has 0 bridgehead atoms. The maximum absolute atomic E-state index is 11.9. The molecule has 7 nitrogen and oxygen atoms in total. The molecule has 1 aliphatic carbocycles. The maximum atomic E-state index is 11.9. The number of ether oxygens (including phenoxy) is 2. The Kier molecular flexibility index (Phi) is 7.35. The van der Waals surface area contributed by atoms with Crippen molar-refractivity contribution in [3.05, 3.63) is 30.3 Å². The number of para-hydroxylation sites is 1. The predicted octanol–water partition coefficient (Wildman–Crippen LogP) is 2.49. The summed E-state index contributed by atoms with van der Waals surface area (Å²) in [5.74, 6) is 0. The molecule has 7 heteroatoms. The van der Waals surface area contributed by atoms with Gasteiger partial charge in [0, 0.05) is 31.8 Å². The number of nitrogens with one attached hydrogen (secondary N) is 3. The number of methoxy groups -OCH3 is 1. The molecule has 2 rings (SSSR count). The van der Waals surface area contributed by atoms with Crippen molar-refractivity contribution in [1.29, 1.82) is 0 Å². The molecule has 2 atom stereocenters. The first kappa shape index (κ1) is 18.1. The topological polar surface area (TPSA) is 88.7 Å². The molecule has 0 aliphatic heterocycles. The van der Waals surface area contributed by atoms with Gasteiger partial charge in [0.05, 0.1) is 6.61 Å². The zero-order chi connectivity index (χ0) is 17.2. The lowest BCUT2D eigenvalue weighted by molar-refractivity contribution is 0.0775. The van der Waals surface area contributed by atoms with E-state index in [0.29, 0.717) is 25.3 Å². The van der Waals surface area contributed by atoms with E-state index < -0.39 is 6.09 Å². The van der Waals surface area contributed by atoms with Gasteiger partial charge in [-0.2, -0.15) is 0 Å². The number of anilines is 1. The number of rotatable bonds is 6. The summed E-state index contributed by atoms with van der Waals surface area (Å²) in [6, 6.07) is 8.97. The van der Waals surface area contributed by atoms with Gasteiger partial charge in [0.25, 0.3) is 0 Å². The summed E-state index contributed by atoms with van der Waals surface area (Å²) >= 11 is 0. The molecule has 1 saturated carbocycles. The van der Waals surface area contributed by atoms with Crippen LogP contribution >= 0.6 is 0 Å². The highest BCUT2D eigenvalue weighted by Gasteiger charge is 2.26. The summed E-state index contributed by atoms with van der Waals surface area (Å²) < 4.78 is 10.3. The highest BCUT2D eigenvalue weighted by Crippen LogP contribution is 2.21. The molecule has 0 aromatic heterocycles. The minimum absolute atomic E-state index is 0.0100. The van der Waals surface area contributed by atoms with Gasteiger partial charge in [-0.3, -0.25) is 5.32 Å². The lowest BCUT2D eigenvalue weighted by atomic mass is 9.93. The summed E-state index contributed by atoms with van der Waals surface area (Å²) in [5, 5.41) is 8.34. The third-order valence-corrected chi connectivity index (χ3v) is 3.85. The zero-order valence-electron chi connectivity index (χ0n) is 13.9. The molecule has 0 saturated heterocycles. The van der Waals surface area contributed by atoms with Crippen molar-refractivity contribution in [3.8, 4) is 0 Å². The highest BCUT2D eigenvalue weighted by atomic mass is 16.6. The molecule has 0 unspecified atom stereocenters. The molecule has 3 amide bonds. The lowest BCUT2D eigenvalue weighted by Gasteiger charge is -2.29. The molecule has 1 aromatic carbocycles. The Labute approximate surface area is 142 Å². The highest BCUT2D eigenvalue weighted by molar-refractivity contribution is 5.84. The first-order valence-electron chi connectivity index (χ1n) is 8.23. The van der Waals surface area contributed by atoms with E-state index in [9.17, 15) is 9.59 Å². The van der Waals surface area contributed by atoms with E-state index in [1.165, 1.54) is 0 Å². The van der Waals surface area contributed by atoms with E-state index in [2.05, 4.69) is 16.0 Å². The number of urea groups is 1. The van der Waals surface area contributed by atoms with Crippen molar-refractivity contribution in [2.75, 3.05) is 25.6 Å². The molecule has 1 aromatic rings. The minimum atomic E-state index is -0.462. The average Bonchev–Trinajstić information content (AvgIpc) is 2.56. The second-order valence-corrected chi connectivity index (χ2v) is 5.77. The van der Waals surface area contributed by atoms with E-state index in [1.54, 1.807) is 19.2 Å². The fourth-order valence-corrected chi connectivity index (χ4v) is 2.71. The number of benzene rings is 1. The van der Waals surface area contributed by atoms with Crippen LogP contribution in [0, 0.1) is 0 Å². The number of carbonyl (C=O) groups is 2. The number of hydrogen-bond acceptors (Lipinski definition) is 4. The summed E-state index contributed by atoms with van der Waals surface area (Å²) in [4.78, 5) is 23.7. The Morgan fingerprint density at radius 3 is 2.75 bits per heavy atom. The average molecular weight is 335 g/mol. The Balaban J connectivity index is 1.72. The van der Waals surface area contributed by atoms with Crippen LogP contribution in [0.5, 0.6) is 0 Å². The quantitative estimate of drug-likeness (QED) is 0.697. The van der Waals surface area contributed by atoms with Gasteiger partial charge < -0.3 is 20.1 Å².